The summed E-state index contributed by atoms with van der Waals surface area (Å²) in [5.74, 6) is 1.31. The van der Waals surface area contributed by atoms with Gasteiger partial charge < -0.3 is 14.6 Å². The third-order valence-corrected chi connectivity index (χ3v) is 4.90. The third kappa shape index (κ3) is 4.02. The average Bonchev–Trinajstić information content (AvgIpc) is 3.03. The summed E-state index contributed by atoms with van der Waals surface area (Å²) in [5.41, 5.74) is 1.62. The topological polar surface area (TPSA) is 81.9 Å². The lowest BCUT2D eigenvalue weighted by Gasteiger charge is -2.12. The van der Waals surface area contributed by atoms with E-state index in [1.807, 2.05) is 48.9 Å². The minimum absolute atomic E-state index is 0.114. The van der Waals surface area contributed by atoms with Gasteiger partial charge in [-0.3, -0.25) is 9.78 Å². The van der Waals surface area contributed by atoms with Gasteiger partial charge in [-0.1, -0.05) is 17.8 Å². The number of pyridine rings is 1. The van der Waals surface area contributed by atoms with Gasteiger partial charge in [0.05, 0.1) is 12.4 Å². The summed E-state index contributed by atoms with van der Waals surface area (Å²) in [4.78, 5) is 16.5. The molecule has 1 N–H and O–H groups in total. The fraction of sp³-hybridized carbons (Fsp3) is 0.222. The normalized spacial score (nSPS) is 11.8. The van der Waals surface area contributed by atoms with Crippen molar-refractivity contribution >= 4 is 23.4 Å². The first-order valence-corrected chi connectivity index (χ1v) is 8.88. The predicted octanol–water partition coefficient (Wildman–Crippen LogP) is 3.01. The summed E-state index contributed by atoms with van der Waals surface area (Å²) in [6, 6.07) is 11.0. The summed E-state index contributed by atoms with van der Waals surface area (Å²) >= 11 is 1.35. The van der Waals surface area contributed by atoms with Crippen LogP contribution in [0.1, 0.15) is 6.92 Å². The van der Waals surface area contributed by atoms with Gasteiger partial charge in [0.15, 0.2) is 11.0 Å². The fourth-order valence-corrected chi connectivity index (χ4v) is 3.14. The second kappa shape index (κ2) is 8.01. The number of nitrogens with zero attached hydrogens (tertiary/aromatic N) is 4. The van der Waals surface area contributed by atoms with E-state index in [0.29, 0.717) is 16.6 Å². The highest BCUT2D eigenvalue weighted by atomic mass is 32.2. The summed E-state index contributed by atoms with van der Waals surface area (Å²) < 4.78 is 7.04. The summed E-state index contributed by atoms with van der Waals surface area (Å²) in [7, 11) is 3.47. The van der Waals surface area contributed by atoms with E-state index in [2.05, 4.69) is 20.5 Å². The SMILES string of the molecule is COc1cccc(NC(=O)[C@H](C)Sc2nnc(-c3ccncc3)n2C)c1. The number of ether oxygens (including phenoxy) is 1. The van der Waals surface area contributed by atoms with Crippen LogP contribution in [0.25, 0.3) is 11.4 Å². The zero-order chi connectivity index (χ0) is 18.5. The van der Waals surface area contributed by atoms with E-state index in [4.69, 9.17) is 4.74 Å². The highest BCUT2D eigenvalue weighted by Crippen LogP contribution is 2.26. The lowest BCUT2D eigenvalue weighted by molar-refractivity contribution is -0.115. The van der Waals surface area contributed by atoms with E-state index in [1.54, 1.807) is 25.6 Å². The molecule has 0 radical (unpaired) electrons. The molecule has 0 bridgehead atoms. The van der Waals surface area contributed by atoms with E-state index in [9.17, 15) is 4.79 Å². The average molecular weight is 369 g/mol. The number of thioether (sulfide) groups is 1. The molecule has 134 valence electrons. The molecule has 8 heteroatoms. The molecule has 2 heterocycles. The molecule has 26 heavy (non-hydrogen) atoms. The highest BCUT2D eigenvalue weighted by Gasteiger charge is 2.19. The number of carbonyl (C=O) groups is 1. The standard InChI is InChI=1S/C18H19N5O2S/c1-12(17(24)20-14-5-4-6-15(11-14)25-3)26-18-22-21-16(23(18)2)13-7-9-19-10-8-13/h4-12H,1-3H3,(H,20,24)/t12-/m0/s1. The maximum atomic E-state index is 12.5. The molecular weight excluding hydrogens is 350 g/mol. The Balaban J connectivity index is 1.69. The van der Waals surface area contributed by atoms with Crippen molar-refractivity contribution in [1.29, 1.82) is 0 Å². The minimum Gasteiger partial charge on any atom is -0.497 e. The minimum atomic E-state index is -0.339. The smallest absolute Gasteiger partial charge is 0.237 e. The van der Waals surface area contributed by atoms with Crippen LogP contribution in [0.4, 0.5) is 5.69 Å². The lowest BCUT2D eigenvalue weighted by atomic mass is 10.2. The second-order valence-corrected chi connectivity index (χ2v) is 6.89. The molecule has 1 amide bonds. The van der Waals surface area contributed by atoms with Crippen molar-refractivity contribution in [3.05, 3.63) is 48.8 Å². The third-order valence-electron chi connectivity index (χ3n) is 3.76. The summed E-state index contributed by atoms with van der Waals surface area (Å²) in [6.45, 7) is 1.83. The van der Waals surface area contributed by atoms with E-state index in [1.165, 1.54) is 11.8 Å². The number of aromatic nitrogens is 4. The van der Waals surface area contributed by atoms with Crippen LogP contribution in [-0.4, -0.2) is 38.0 Å². The molecule has 0 unspecified atom stereocenters. The van der Waals surface area contributed by atoms with Gasteiger partial charge in [0.25, 0.3) is 0 Å². The lowest BCUT2D eigenvalue weighted by Crippen LogP contribution is -2.22. The molecule has 0 spiro atoms. The Morgan fingerprint density at radius 1 is 1.23 bits per heavy atom. The fourth-order valence-electron chi connectivity index (χ4n) is 2.33. The van der Waals surface area contributed by atoms with Crippen molar-refractivity contribution in [3.8, 4) is 17.1 Å². The van der Waals surface area contributed by atoms with Crippen LogP contribution in [0.5, 0.6) is 5.75 Å². The molecule has 0 aliphatic heterocycles. The number of benzene rings is 1. The Labute approximate surface area is 155 Å². The summed E-state index contributed by atoms with van der Waals surface area (Å²) in [5, 5.41) is 11.6. The molecule has 1 aromatic carbocycles. The zero-order valence-electron chi connectivity index (χ0n) is 14.7. The van der Waals surface area contributed by atoms with Crippen LogP contribution < -0.4 is 10.1 Å². The van der Waals surface area contributed by atoms with Gasteiger partial charge in [-0.25, -0.2) is 0 Å². The van der Waals surface area contributed by atoms with Crippen molar-refractivity contribution < 1.29 is 9.53 Å². The first-order valence-electron chi connectivity index (χ1n) is 8.00. The van der Waals surface area contributed by atoms with Crippen LogP contribution in [0.15, 0.2) is 53.9 Å². The predicted molar refractivity (Wildman–Crippen MR) is 101 cm³/mol. The molecule has 1 atom stereocenters. The molecule has 2 aromatic heterocycles. The maximum Gasteiger partial charge on any atom is 0.237 e. The van der Waals surface area contributed by atoms with E-state index < -0.39 is 0 Å². The molecule has 3 rings (SSSR count). The second-order valence-electron chi connectivity index (χ2n) is 5.58. The number of carbonyl (C=O) groups excluding carboxylic acids is 1. The van der Waals surface area contributed by atoms with Gasteiger partial charge in [0, 0.05) is 36.8 Å². The van der Waals surface area contributed by atoms with Crippen molar-refractivity contribution in [2.75, 3.05) is 12.4 Å². The molecule has 0 fully saturated rings. The number of methoxy groups -OCH3 is 1. The van der Waals surface area contributed by atoms with Crippen LogP contribution in [0.2, 0.25) is 0 Å². The van der Waals surface area contributed by atoms with Crippen LogP contribution in [0.3, 0.4) is 0 Å². The van der Waals surface area contributed by atoms with Gasteiger partial charge in [0.1, 0.15) is 5.75 Å². The number of hydrogen-bond acceptors (Lipinski definition) is 6. The number of nitrogens with one attached hydrogen (secondary N) is 1. The Morgan fingerprint density at radius 2 is 2.00 bits per heavy atom. The van der Waals surface area contributed by atoms with Crippen molar-refractivity contribution in [2.24, 2.45) is 7.05 Å². The zero-order valence-corrected chi connectivity index (χ0v) is 15.5. The van der Waals surface area contributed by atoms with Crippen LogP contribution >= 0.6 is 11.8 Å². The Morgan fingerprint density at radius 3 is 2.73 bits per heavy atom. The number of amides is 1. The molecule has 0 aliphatic carbocycles. The van der Waals surface area contributed by atoms with Gasteiger partial charge in [0.2, 0.25) is 5.91 Å². The van der Waals surface area contributed by atoms with Crippen molar-refractivity contribution in [1.82, 2.24) is 19.7 Å². The molecule has 0 saturated carbocycles. The Hall–Kier alpha value is -2.87. The molecule has 3 aromatic rings. The van der Waals surface area contributed by atoms with E-state index in [0.717, 1.165) is 11.4 Å². The number of rotatable bonds is 6. The Bertz CT molecular complexity index is 898. The van der Waals surface area contributed by atoms with Gasteiger partial charge in [-0.2, -0.15) is 0 Å². The van der Waals surface area contributed by atoms with E-state index >= 15 is 0 Å². The van der Waals surface area contributed by atoms with Crippen molar-refractivity contribution in [2.45, 2.75) is 17.3 Å². The highest BCUT2D eigenvalue weighted by molar-refractivity contribution is 8.00. The molecule has 0 saturated heterocycles. The first-order chi connectivity index (χ1) is 12.6. The maximum absolute atomic E-state index is 12.5. The molecule has 0 aliphatic rings. The van der Waals surface area contributed by atoms with Gasteiger partial charge in [-0.15, -0.1) is 10.2 Å². The van der Waals surface area contributed by atoms with Gasteiger partial charge in [-0.05, 0) is 31.2 Å². The van der Waals surface area contributed by atoms with Gasteiger partial charge >= 0.3 is 0 Å². The molecular formula is C18H19N5O2S. The number of hydrogen-bond donors (Lipinski definition) is 1. The largest absolute Gasteiger partial charge is 0.497 e. The van der Waals surface area contributed by atoms with Crippen LogP contribution in [0, 0.1) is 0 Å². The first kappa shape index (κ1) is 17.9. The Kier molecular flexibility index (Phi) is 5.52. The summed E-state index contributed by atoms with van der Waals surface area (Å²) in [6.07, 6.45) is 3.42. The number of anilines is 1. The molecule has 7 nitrogen and oxygen atoms in total. The van der Waals surface area contributed by atoms with Crippen LogP contribution in [-0.2, 0) is 11.8 Å². The quantitative estimate of drug-likeness (QED) is 0.673. The monoisotopic (exact) mass is 369 g/mol. The van der Waals surface area contributed by atoms with E-state index in [-0.39, 0.29) is 11.2 Å². The van der Waals surface area contributed by atoms with Crippen molar-refractivity contribution in [3.63, 3.8) is 0 Å².